The van der Waals surface area contributed by atoms with Crippen molar-refractivity contribution in [3.8, 4) is 23.0 Å². The monoisotopic (exact) mass is 697 g/mol. The molecule has 8 nitrogen and oxygen atoms in total. The number of piperidine rings is 1. The number of nitrogens with zero attached hydrogens (tertiary/aromatic N) is 3. The maximum atomic E-state index is 12.5. The average molecular weight is 698 g/mol. The van der Waals surface area contributed by atoms with Crippen LogP contribution in [0.25, 0.3) is 11.5 Å². The molecule has 4 rings (SSSR count). The number of ether oxygens (including phenoxy) is 2. The van der Waals surface area contributed by atoms with Gasteiger partial charge in [0.15, 0.2) is 0 Å². The molecule has 0 bridgehead atoms. The minimum Gasteiger partial charge on any atom is -0.507 e. The predicted octanol–water partition coefficient (Wildman–Crippen LogP) is 9.54. The molecule has 3 aromatic rings. The van der Waals surface area contributed by atoms with E-state index < -0.39 is 5.60 Å². The summed E-state index contributed by atoms with van der Waals surface area (Å²) in [6.45, 7) is 22.3. The van der Waals surface area contributed by atoms with Crippen molar-refractivity contribution in [3.05, 3.63) is 65.0 Å². The molecule has 0 aliphatic carbocycles. The van der Waals surface area contributed by atoms with E-state index in [1.807, 2.05) is 49.9 Å². The van der Waals surface area contributed by atoms with Gasteiger partial charge in [-0.2, -0.15) is 0 Å². The summed E-state index contributed by atoms with van der Waals surface area (Å²) in [5, 5.41) is 11.1. The number of likely N-dealkylation sites (tertiary alicyclic amines) is 1. The van der Waals surface area contributed by atoms with Gasteiger partial charge in [-0.3, -0.25) is 0 Å². The lowest BCUT2D eigenvalue weighted by Gasteiger charge is -2.34. The summed E-state index contributed by atoms with van der Waals surface area (Å²) in [5.74, 6) is 2.27. The summed E-state index contributed by atoms with van der Waals surface area (Å²) in [5.41, 5.74) is 3.81. The maximum absolute atomic E-state index is 12.5. The summed E-state index contributed by atoms with van der Waals surface area (Å²) in [4.78, 5) is 21.5. The second-order valence-electron chi connectivity index (χ2n) is 16.6. The zero-order chi connectivity index (χ0) is 35.3. The zero-order valence-corrected chi connectivity index (χ0v) is 32.3. The number of rotatable bonds is 11. The molecule has 9 heteroatoms. The number of aromatic hydroxyl groups is 1. The van der Waals surface area contributed by atoms with Crippen LogP contribution in [0.1, 0.15) is 110 Å². The summed E-state index contributed by atoms with van der Waals surface area (Å²) < 4.78 is 17.5. The quantitative estimate of drug-likeness (QED) is 0.214. The Kier molecular flexibility index (Phi) is 13.7. The molecule has 1 saturated heterocycles. The highest BCUT2D eigenvalue weighted by Gasteiger charge is 2.29. The molecule has 1 fully saturated rings. The van der Waals surface area contributed by atoms with Gasteiger partial charge in [0.05, 0.1) is 12.3 Å². The van der Waals surface area contributed by atoms with E-state index in [0.717, 1.165) is 73.6 Å². The van der Waals surface area contributed by atoms with Gasteiger partial charge in [0.25, 0.3) is 0 Å². The number of phenols is 1. The number of amides is 1. The third-order valence-electron chi connectivity index (χ3n) is 8.85. The molecular formula is C40H60ClN3O5. The van der Waals surface area contributed by atoms with E-state index in [9.17, 15) is 9.90 Å². The largest absolute Gasteiger partial charge is 0.507 e. The fourth-order valence-electron chi connectivity index (χ4n) is 6.25. The topological polar surface area (TPSA) is 88.3 Å². The molecule has 1 N–H and O–H groups in total. The van der Waals surface area contributed by atoms with Crippen molar-refractivity contribution >= 4 is 18.5 Å². The van der Waals surface area contributed by atoms with Crippen LogP contribution < -0.4 is 4.74 Å². The molecule has 0 radical (unpaired) electrons. The van der Waals surface area contributed by atoms with Gasteiger partial charge >= 0.3 is 6.09 Å². The molecule has 49 heavy (non-hydrogen) atoms. The van der Waals surface area contributed by atoms with Gasteiger partial charge in [0, 0.05) is 42.7 Å². The number of hydrogen-bond donors (Lipinski definition) is 1. The van der Waals surface area contributed by atoms with E-state index in [0.29, 0.717) is 30.6 Å². The van der Waals surface area contributed by atoms with Gasteiger partial charge in [0.2, 0.25) is 5.89 Å². The van der Waals surface area contributed by atoms with Gasteiger partial charge in [0.1, 0.15) is 23.4 Å². The Morgan fingerprint density at radius 1 is 1.02 bits per heavy atom. The van der Waals surface area contributed by atoms with Crippen molar-refractivity contribution in [2.75, 3.05) is 33.3 Å². The number of benzene rings is 2. The number of halogens is 1. The summed E-state index contributed by atoms with van der Waals surface area (Å²) in [7, 11) is 2.16. The van der Waals surface area contributed by atoms with E-state index in [-0.39, 0.29) is 29.3 Å². The van der Waals surface area contributed by atoms with Gasteiger partial charge in [-0.1, -0.05) is 53.7 Å². The molecule has 1 aromatic heterocycles. The highest BCUT2D eigenvalue weighted by molar-refractivity contribution is 5.85. The molecule has 1 aliphatic heterocycles. The van der Waals surface area contributed by atoms with Crippen LogP contribution in [0.5, 0.6) is 11.5 Å². The van der Waals surface area contributed by atoms with Crippen molar-refractivity contribution in [3.63, 3.8) is 0 Å². The average Bonchev–Trinajstić information content (AvgIpc) is 3.45. The molecule has 0 spiro atoms. The van der Waals surface area contributed by atoms with Gasteiger partial charge in [-0.15, -0.1) is 12.4 Å². The molecule has 1 unspecified atom stereocenters. The Morgan fingerprint density at radius 2 is 1.65 bits per heavy atom. The van der Waals surface area contributed by atoms with Crippen molar-refractivity contribution in [2.45, 2.75) is 117 Å². The van der Waals surface area contributed by atoms with Crippen LogP contribution in [0.4, 0.5) is 4.79 Å². The number of phenolic OH excluding ortho intramolecular Hbond substituents is 1. The molecule has 272 valence electrons. The summed E-state index contributed by atoms with van der Waals surface area (Å²) in [6.07, 6.45) is 6.59. The maximum Gasteiger partial charge on any atom is 0.410 e. The number of oxazole rings is 1. The lowest BCUT2D eigenvalue weighted by molar-refractivity contribution is 0.0159. The highest BCUT2D eigenvalue weighted by atomic mass is 35.5. The van der Waals surface area contributed by atoms with E-state index in [1.165, 1.54) is 12.0 Å². The normalized spacial score (nSPS) is 15.7. The molecule has 0 saturated carbocycles. The third-order valence-corrected chi connectivity index (χ3v) is 8.85. The van der Waals surface area contributed by atoms with Crippen molar-refractivity contribution in [1.82, 2.24) is 14.8 Å². The summed E-state index contributed by atoms with van der Waals surface area (Å²) in [6, 6.07) is 12.3. The van der Waals surface area contributed by atoms with Crippen LogP contribution in [-0.4, -0.2) is 64.9 Å². The first kappa shape index (κ1) is 40.2. The van der Waals surface area contributed by atoms with Crippen molar-refractivity contribution < 1.29 is 23.8 Å². The second-order valence-corrected chi connectivity index (χ2v) is 16.6. The summed E-state index contributed by atoms with van der Waals surface area (Å²) >= 11 is 0. The Balaban J connectivity index is 0.00000650. The van der Waals surface area contributed by atoms with E-state index in [2.05, 4.69) is 65.6 Å². The minimum atomic E-state index is -0.454. The standard InChI is InChI=1S/C40H59N3O5.ClH/c1-38(2,3)33-23-30(24-34(35(33)44)39(4,5)6)36-41-31(27-47-36)19-22-46-32-17-15-29(16-18-32)25-42(10)20-11-13-28-14-12-21-43(26-28)37(45)48-40(7,8)9;/h15-18,23-24,27-28,44H,11-14,19-22,25-26H2,1-10H3;1H. The van der Waals surface area contributed by atoms with E-state index in [1.54, 1.807) is 6.26 Å². The van der Waals surface area contributed by atoms with Gasteiger partial charge in [-0.05, 0) is 107 Å². The number of carbonyl (C=O) groups excluding carboxylic acids is 1. The Morgan fingerprint density at radius 3 is 2.24 bits per heavy atom. The van der Waals surface area contributed by atoms with Crippen LogP contribution in [0.15, 0.2) is 47.1 Å². The molecule has 2 aromatic carbocycles. The molecule has 2 heterocycles. The number of hydrogen-bond acceptors (Lipinski definition) is 7. The Hall–Kier alpha value is -3.23. The third kappa shape index (κ3) is 12.0. The predicted molar refractivity (Wildman–Crippen MR) is 200 cm³/mol. The van der Waals surface area contributed by atoms with Crippen molar-refractivity contribution in [1.29, 1.82) is 0 Å². The fourth-order valence-corrected chi connectivity index (χ4v) is 6.25. The molecule has 1 amide bonds. The number of carbonyl (C=O) groups is 1. The minimum absolute atomic E-state index is 0. The van der Waals surface area contributed by atoms with Crippen LogP contribution in [0.3, 0.4) is 0 Å². The first-order chi connectivity index (χ1) is 22.4. The first-order valence-corrected chi connectivity index (χ1v) is 17.6. The molecule has 1 aliphatic rings. The number of aromatic nitrogens is 1. The second kappa shape index (κ2) is 16.7. The molecule has 1 atom stereocenters. The van der Waals surface area contributed by atoms with Crippen LogP contribution >= 0.6 is 12.4 Å². The lowest BCUT2D eigenvalue weighted by Crippen LogP contribution is -2.43. The van der Waals surface area contributed by atoms with Crippen LogP contribution in [0.2, 0.25) is 0 Å². The lowest BCUT2D eigenvalue weighted by atomic mass is 9.78. The zero-order valence-electron chi connectivity index (χ0n) is 31.5. The van der Waals surface area contributed by atoms with E-state index in [4.69, 9.17) is 18.9 Å². The molecular weight excluding hydrogens is 638 g/mol. The fraction of sp³-hybridized carbons (Fsp3) is 0.600. The Labute approximate surface area is 301 Å². The van der Waals surface area contributed by atoms with Crippen LogP contribution in [0, 0.1) is 5.92 Å². The van der Waals surface area contributed by atoms with Gasteiger partial charge in [-0.25, -0.2) is 9.78 Å². The van der Waals surface area contributed by atoms with Gasteiger partial charge < -0.3 is 28.8 Å². The SMILES string of the molecule is CN(CCCC1CCCN(C(=O)OC(C)(C)C)C1)Cc1ccc(OCCc2coc(-c3cc(C(C)(C)C)c(O)c(C(C)(C)C)c3)n2)cc1.Cl. The highest BCUT2D eigenvalue weighted by Crippen LogP contribution is 2.42. The van der Waals surface area contributed by atoms with Crippen molar-refractivity contribution in [2.24, 2.45) is 5.92 Å². The Bertz CT molecular complexity index is 1460. The van der Waals surface area contributed by atoms with E-state index >= 15 is 0 Å². The van der Waals surface area contributed by atoms with Crippen LogP contribution in [-0.2, 0) is 28.5 Å². The smallest absolute Gasteiger partial charge is 0.410 e. The first-order valence-electron chi connectivity index (χ1n) is 17.6.